The van der Waals surface area contributed by atoms with Gasteiger partial charge in [0.05, 0.1) is 5.92 Å². The molecule has 0 spiro atoms. The van der Waals surface area contributed by atoms with Gasteiger partial charge in [-0.05, 0) is 23.8 Å². The smallest absolute Gasteiger partial charge is 0.324 e. The van der Waals surface area contributed by atoms with Crippen LogP contribution in [0.15, 0.2) is 30.3 Å². The van der Waals surface area contributed by atoms with E-state index in [1.807, 2.05) is 30.3 Å². The van der Waals surface area contributed by atoms with E-state index in [1.54, 1.807) is 20.8 Å². The summed E-state index contributed by atoms with van der Waals surface area (Å²) in [6.45, 7) is 5.13. The molecule has 0 fully saturated rings. The Balaban J connectivity index is 3.02. The maximum absolute atomic E-state index is 11.6. The molecule has 0 aromatic heterocycles. The third-order valence-electron chi connectivity index (χ3n) is 3.96. The fourth-order valence-corrected chi connectivity index (χ4v) is 2.25. The van der Waals surface area contributed by atoms with Crippen molar-refractivity contribution in [3.05, 3.63) is 35.9 Å². The van der Waals surface area contributed by atoms with Gasteiger partial charge in [0.1, 0.15) is 5.54 Å². The highest BCUT2D eigenvalue weighted by Gasteiger charge is 2.47. The molecule has 0 aliphatic rings. The summed E-state index contributed by atoms with van der Waals surface area (Å²) >= 11 is 0. The van der Waals surface area contributed by atoms with E-state index >= 15 is 0 Å². The molecule has 0 unspecified atom stereocenters. The fourth-order valence-electron chi connectivity index (χ4n) is 2.25. The van der Waals surface area contributed by atoms with E-state index in [-0.39, 0.29) is 12.8 Å². The Hall–Kier alpha value is -1.88. The van der Waals surface area contributed by atoms with E-state index < -0.39 is 28.8 Å². The summed E-state index contributed by atoms with van der Waals surface area (Å²) in [6, 6.07) is 9.15. The van der Waals surface area contributed by atoms with E-state index in [0.717, 1.165) is 5.56 Å². The zero-order valence-electron chi connectivity index (χ0n) is 12.7. The summed E-state index contributed by atoms with van der Waals surface area (Å²) in [4.78, 5) is 23.0. The number of carboxylic acids is 2. The first-order valence-electron chi connectivity index (χ1n) is 6.87. The van der Waals surface area contributed by atoms with Crippen molar-refractivity contribution in [1.29, 1.82) is 0 Å². The van der Waals surface area contributed by atoms with Gasteiger partial charge >= 0.3 is 11.9 Å². The first kappa shape index (κ1) is 17.2. The van der Waals surface area contributed by atoms with E-state index in [9.17, 15) is 19.8 Å². The molecule has 1 aromatic rings. The molecule has 0 amide bonds. The summed E-state index contributed by atoms with van der Waals surface area (Å²) < 4.78 is 0. The molecule has 5 heteroatoms. The molecule has 2 atom stereocenters. The third kappa shape index (κ3) is 4.04. The van der Waals surface area contributed by atoms with Crippen molar-refractivity contribution in [3.8, 4) is 0 Å². The number of benzene rings is 1. The SMILES string of the molecule is CC(C)(C)[C@@](N)(C[C@H](Cc1ccccc1)C(=O)O)C(=O)O. The van der Waals surface area contributed by atoms with Crippen molar-refractivity contribution in [2.75, 3.05) is 0 Å². The largest absolute Gasteiger partial charge is 0.481 e. The molecule has 0 bridgehead atoms. The minimum absolute atomic E-state index is 0.115. The molecule has 0 heterocycles. The fraction of sp³-hybridized carbons (Fsp3) is 0.500. The second kappa shape index (κ2) is 6.26. The normalized spacial score (nSPS) is 16.0. The van der Waals surface area contributed by atoms with Crippen molar-refractivity contribution in [1.82, 2.24) is 0 Å². The van der Waals surface area contributed by atoms with Gasteiger partial charge in [-0.25, -0.2) is 0 Å². The third-order valence-corrected chi connectivity index (χ3v) is 3.96. The number of carbonyl (C=O) groups is 2. The lowest BCUT2D eigenvalue weighted by Gasteiger charge is -2.39. The molecule has 1 rings (SSSR count). The number of hydrogen-bond acceptors (Lipinski definition) is 3. The summed E-state index contributed by atoms with van der Waals surface area (Å²) in [5, 5.41) is 18.8. The van der Waals surface area contributed by atoms with E-state index in [1.165, 1.54) is 0 Å². The van der Waals surface area contributed by atoms with Gasteiger partial charge in [0.2, 0.25) is 0 Å². The van der Waals surface area contributed by atoms with Gasteiger partial charge in [-0.3, -0.25) is 9.59 Å². The summed E-state index contributed by atoms with van der Waals surface area (Å²) in [5.74, 6) is -3.04. The Bertz CT molecular complexity index is 507. The first-order chi connectivity index (χ1) is 9.58. The van der Waals surface area contributed by atoms with Crippen LogP contribution in [0.1, 0.15) is 32.8 Å². The molecule has 4 N–H and O–H groups in total. The van der Waals surface area contributed by atoms with Gasteiger partial charge < -0.3 is 15.9 Å². The van der Waals surface area contributed by atoms with Crippen LogP contribution in [0.4, 0.5) is 0 Å². The molecule has 116 valence electrons. The lowest BCUT2D eigenvalue weighted by atomic mass is 9.69. The lowest BCUT2D eigenvalue weighted by molar-refractivity contribution is -0.151. The lowest BCUT2D eigenvalue weighted by Crippen LogP contribution is -2.59. The van der Waals surface area contributed by atoms with Gasteiger partial charge in [0, 0.05) is 0 Å². The Labute approximate surface area is 124 Å². The first-order valence-corrected chi connectivity index (χ1v) is 6.87. The van der Waals surface area contributed by atoms with E-state index in [2.05, 4.69) is 0 Å². The molecule has 0 aliphatic carbocycles. The van der Waals surface area contributed by atoms with Crippen LogP contribution < -0.4 is 5.73 Å². The van der Waals surface area contributed by atoms with Crippen molar-refractivity contribution < 1.29 is 19.8 Å². The topological polar surface area (TPSA) is 101 Å². The number of nitrogens with two attached hydrogens (primary N) is 1. The second-order valence-corrected chi connectivity index (χ2v) is 6.46. The van der Waals surface area contributed by atoms with Crippen LogP contribution in [0, 0.1) is 11.3 Å². The highest BCUT2D eigenvalue weighted by Crippen LogP contribution is 2.35. The zero-order chi connectivity index (χ0) is 16.3. The molecular formula is C16H23NO4. The summed E-state index contributed by atoms with van der Waals surface area (Å²) in [5.41, 5.74) is 4.56. The van der Waals surface area contributed by atoms with Crippen LogP contribution in [-0.4, -0.2) is 27.7 Å². The minimum Gasteiger partial charge on any atom is -0.481 e. The van der Waals surface area contributed by atoms with Crippen molar-refractivity contribution >= 4 is 11.9 Å². The van der Waals surface area contributed by atoms with Crippen molar-refractivity contribution in [3.63, 3.8) is 0 Å². The van der Waals surface area contributed by atoms with E-state index in [0.29, 0.717) is 0 Å². The quantitative estimate of drug-likeness (QED) is 0.746. The monoisotopic (exact) mass is 293 g/mol. The molecule has 21 heavy (non-hydrogen) atoms. The van der Waals surface area contributed by atoms with E-state index in [4.69, 9.17) is 5.73 Å². The molecule has 0 aliphatic heterocycles. The Morgan fingerprint density at radius 3 is 2.05 bits per heavy atom. The molecular weight excluding hydrogens is 270 g/mol. The van der Waals surface area contributed by atoms with Crippen molar-refractivity contribution in [2.45, 2.75) is 39.2 Å². The average molecular weight is 293 g/mol. The van der Waals surface area contributed by atoms with Gasteiger partial charge in [0.25, 0.3) is 0 Å². The molecule has 0 radical (unpaired) electrons. The van der Waals surface area contributed by atoms with Crippen molar-refractivity contribution in [2.24, 2.45) is 17.1 Å². The minimum atomic E-state index is -1.59. The number of carboxylic acid groups (broad SMARTS) is 2. The molecule has 0 saturated heterocycles. The highest BCUT2D eigenvalue weighted by molar-refractivity contribution is 5.81. The maximum Gasteiger partial charge on any atom is 0.324 e. The highest BCUT2D eigenvalue weighted by atomic mass is 16.4. The van der Waals surface area contributed by atoms with Crippen LogP contribution in [0.5, 0.6) is 0 Å². The number of hydrogen-bond donors (Lipinski definition) is 3. The van der Waals surface area contributed by atoms with Crippen LogP contribution >= 0.6 is 0 Å². The van der Waals surface area contributed by atoms with Crippen LogP contribution in [0.2, 0.25) is 0 Å². The van der Waals surface area contributed by atoms with Gasteiger partial charge in [0.15, 0.2) is 0 Å². The number of aliphatic carboxylic acids is 2. The van der Waals surface area contributed by atoms with Crippen LogP contribution in [-0.2, 0) is 16.0 Å². The molecule has 0 saturated carbocycles. The second-order valence-electron chi connectivity index (χ2n) is 6.46. The Kier molecular flexibility index (Phi) is 5.12. The Morgan fingerprint density at radius 1 is 1.14 bits per heavy atom. The predicted octanol–water partition coefficient (Wildman–Crippen LogP) is 2.15. The van der Waals surface area contributed by atoms with Crippen LogP contribution in [0.3, 0.4) is 0 Å². The molecule has 1 aromatic carbocycles. The average Bonchev–Trinajstić information content (AvgIpc) is 2.37. The summed E-state index contributed by atoms with van der Waals surface area (Å²) in [6.07, 6.45) is 0.147. The molecule has 5 nitrogen and oxygen atoms in total. The van der Waals surface area contributed by atoms with Gasteiger partial charge in [-0.2, -0.15) is 0 Å². The summed E-state index contributed by atoms with van der Waals surface area (Å²) in [7, 11) is 0. The van der Waals surface area contributed by atoms with Gasteiger partial charge in [-0.15, -0.1) is 0 Å². The van der Waals surface area contributed by atoms with Gasteiger partial charge in [-0.1, -0.05) is 51.1 Å². The predicted molar refractivity (Wildman–Crippen MR) is 79.9 cm³/mol. The Morgan fingerprint density at radius 2 is 1.67 bits per heavy atom. The standard InChI is InChI=1S/C16H23NO4/c1-15(2,3)16(17,14(20)21)10-12(13(18)19)9-11-7-5-4-6-8-11/h4-8,12H,9-10,17H2,1-3H3,(H,18,19)(H,20,21)/t12-,16+/m0/s1. The van der Waals surface area contributed by atoms with Crippen LogP contribution in [0.25, 0.3) is 0 Å². The zero-order valence-corrected chi connectivity index (χ0v) is 12.7. The maximum atomic E-state index is 11.6. The number of rotatable bonds is 6.